The number of nitrogens with zero attached hydrogens (tertiary/aromatic N) is 2. The van der Waals surface area contributed by atoms with Crippen LogP contribution < -0.4 is 5.32 Å². The van der Waals surface area contributed by atoms with E-state index in [1.807, 2.05) is 10.8 Å². The van der Waals surface area contributed by atoms with Gasteiger partial charge in [-0.1, -0.05) is 0 Å². The summed E-state index contributed by atoms with van der Waals surface area (Å²) in [6, 6.07) is 0. The predicted molar refractivity (Wildman–Crippen MR) is 62.1 cm³/mol. The van der Waals surface area contributed by atoms with Crippen molar-refractivity contribution < 1.29 is 4.39 Å². The van der Waals surface area contributed by atoms with Gasteiger partial charge in [0.05, 0.1) is 0 Å². The number of alkyl halides is 1. The first-order chi connectivity index (χ1) is 7.81. The SMILES string of the molecule is CCn1ccnc1CC(F)C1CCNCC1. The van der Waals surface area contributed by atoms with Gasteiger partial charge in [-0.2, -0.15) is 0 Å². The van der Waals surface area contributed by atoms with Crippen LogP contribution in [0.3, 0.4) is 0 Å². The minimum Gasteiger partial charge on any atom is -0.335 e. The summed E-state index contributed by atoms with van der Waals surface area (Å²) in [7, 11) is 0. The second-order valence-corrected chi connectivity index (χ2v) is 4.44. The van der Waals surface area contributed by atoms with Crippen LogP contribution in [0.2, 0.25) is 0 Å². The molecule has 0 radical (unpaired) electrons. The third-order valence-corrected chi connectivity index (χ3v) is 3.42. The minimum atomic E-state index is -0.741. The van der Waals surface area contributed by atoms with E-state index in [0.717, 1.165) is 38.3 Å². The highest BCUT2D eigenvalue weighted by molar-refractivity contribution is 4.95. The molecule has 2 heterocycles. The van der Waals surface area contributed by atoms with Crippen molar-refractivity contribution >= 4 is 0 Å². The summed E-state index contributed by atoms with van der Waals surface area (Å²) < 4.78 is 16.1. The van der Waals surface area contributed by atoms with Crippen LogP contribution in [-0.4, -0.2) is 28.8 Å². The molecule has 1 atom stereocenters. The largest absolute Gasteiger partial charge is 0.335 e. The van der Waals surface area contributed by atoms with E-state index in [1.54, 1.807) is 6.20 Å². The molecule has 0 bridgehead atoms. The summed E-state index contributed by atoms with van der Waals surface area (Å²) in [6.45, 7) is 4.83. The fourth-order valence-corrected chi connectivity index (χ4v) is 2.36. The first-order valence-electron chi connectivity index (χ1n) is 6.16. The van der Waals surface area contributed by atoms with Crippen LogP contribution in [0.25, 0.3) is 0 Å². The molecular weight excluding hydrogens is 205 g/mol. The molecule has 0 aliphatic carbocycles. The minimum absolute atomic E-state index is 0.211. The summed E-state index contributed by atoms with van der Waals surface area (Å²) in [4.78, 5) is 4.23. The van der Waals surface area contributed by atoms with Gasteiger partial charge >= 0.3 is 0 Å². The van der Waals surface area contributed by atoms with Crippen LogP contribution in [-0.2, 0) is 13.0 Å². The van der Waals surface area contributed by atoms with Gasteiger partial charge in [0.25, 0.3) is 0 Å². The highest BCUT2D eigenvalue weighted by Crippen LogP contribution is 2.21. The highest BCUT2D eigenvalue weighted by atomic mass is 19.1. The third kappa shape index (κ3) is 2.61. The number of rotatable bonds is 4. The van der Waals surface area contributed by atoms with Crippen LogP contribution in [0, 0.1) is 5.92 Å². The number of hydrogen-bond donors (Lipinski definition) is 1. The molecule has 0 amide bonds. The summed E-state index contributed by atoms with van der Waals surface area (Å²) in [5, 5.41) is 3.26. The number of imidazole rings is 1. The van der Waals surface area contributed by atoms with Crippen molar-refractivity contribution in [2.24, 2.45) is 5.92 Å². The molecule has 0 saturated carbocycles. The number of halogens is 1. The van der Waals surface area contributed by atoms with E-state index in [2.05, 4.69) is 17.2 Å². The van der Waals surface area contributed by atoms with Gasteiger partial charge < -0.3 is 9.88 Å². The van der Waals surface area contributed by atoms with Crippen molar-refractivity contribution in [2.75, 3.05) is 13.1 Å². The van der Waals surface area contributed by atoms with Gasteiger partial charge in [-0.05, 0) is 38.8 Å². The molecule has 0 spiro atoms. The van der Waals surface area contributed by atoms with Crippen LogP contribution in [0.15, 0.2) is 12.4 Å². The molecule has 1 aromatic rings. The van der Waals surface area contributed by atoms with Gasteiger partial charge in [-0.15, -0.1) is 0 Å². The topological polar surface area (TPSA) is 29.9 Å². The van der Waals surface area contributed by atoms with Crippen molar-refractivity contribution in [1.82, 2.24) is 14.9 Å². The second kappa shape index (κ2) is 5.43. The normalized spacial score (nSPS) is 19.9. The van der Waals surface area contributed by atoms with E-state index in [1.165, 1.54) is 0 Å². The number of aromatic nitrogens is 2. The quantitative estimate of drug-likeness (QED) is 0.846. The maximum atomic E-state index is 14.1. The fraction of sp³-hybridized carbons (Fsp3) is 0.750. The first-order valence-corrected chi connectivity index (χ1v) is 6.16. The van der Waals surface area contributed by atoms with Crippen molar-refractivity contribution in [1.29, 1.82) is 0 Å². The Kier molecular flexibility index (Phi) is 3.93. The van der Waals surface area contributed by atoms with E-state index < -0.39 is 6.17 Å². The van der Waals surface area contributed by atoms with Gasteiger partial charge in [0.2, 0.25) is 0 Å². The Balaban J connectivity index is 1.93. The smallest absolute Gasteiger partial charge is 0.111 e. The van der Waals surface area contributed by atoms with E-state index in [4.69, 9.17) is 0 Å². The summed E-state index contributed by atoms with van der Waals surface area (Å²) >= 11 is 0. The van der Waals surface area contributed by atoms with Gasteiger partial charge in [0.15, 0.2) is 0 Å². The van der Waals surface area contributed by atoms with Crippen molar-refractivity contribution in [2.45, 2.75) is 38.9 Å². The summed E-state index contributed by atoms with van der Waals surface area (Å²) in [5.74, 6) is 1.09. The Morgan fingerprint density at radius 1 is 1.56 bits per heavy atom. The monoisotopic (exact) mass is 225 g/mol. The predicted octanol–water partition coefficient (Wildman–Crippen LogP) is 1.78. The molecule has 1 aromatic heterocycles. The molecule has 1 saturated heterocycles. The molecule has 1 unspecified atom stereocenters. The number of piperidine rings is 1. The van der Waals surface area contributed by atoms with E-state index in [0.29, 0.717) is 6.42 Å². The molecule has 1 N–H and O–H groups in total. The zero-order chi connectivity index (χ0) is 11.4. The molecule has 16 heavy (non-hydrogen) atoms. The van der Waals surface area contributed by atoms with E-state index in [9.17, 15) is 4.39 Å². The average molecular weight is 225 g/mol. The molecule has 1 aliphatic heterocycles. The van der Waals surface area contributed by atoms with Crippen molar-refractivity contribution in [3.63, 3.8) is 0 Å². The molecule has 1 fully saturated rings. The number of aryl methyl sites for hydroxylation is 1. The van der Waals surface area contributed by atoms with Crippen LogP contribution in [0.5, 0.6) is 0 Å². The van der Waals surface area contributed by atoms with Gasteiger partial charge in [0.1, 0.15) is 12.0 Å². The Morgan fingerprint density at radius 3 is 3.00 bits per heavy atom. The van der Waals surface area contributed by atoms with Gasteiger partial charge in [-0.3, -0.25) is 0 Å². The average Bonchev–Trinajstić information content (AvgIpc) is 2.77. The summed E-state index contributed by atoms with van der Waals surface area (Å²) in [6.07, 6.45) is 5.31. The van der Waals surface area contributed by atoms with Crippen molar-refractivity contribution in [3.8, 4) is 0 Å². The van der Waals surface area contributed by atoms with Crippen molar-refractivity contribution in [3.05, 3.63) is 18.2 Å². The molecular formula is C12H20FN3. The lowest BCUT2D eigenvalue weighted by Crippen LogP contribution is -2.33. The Bertz CT molecular complexity index is 318. The standard InChI is InChI=1S/C12H20FN3/c1-2-16-8-7-15-12(16)9-11(13)10-3-5-14-6-4-10/h7-8,10-11,14H,2-6,9H2,1H3. The lowest BCUT2D eigenvalue weighted by Gasteiger charge is -2.25. The maximum Gasteiger partial charge on any atom is 0.111 e. The Labute approximate surface area is 96.1 Å². The molecule has 3 nitrogen and oxygen atoms in total. The molecule has 90 valence electrons. The van der Waals surface area contributed by atoms with Gasteiger partial charge in [0, 0.05) is 25.4 Å². The third-order valence-electron chi connectivity index (χ3n) is 3.42. The van der Waals surface area contributed by atoms with Gasteiger partial charge in [-0.25, -0.2) is 9.37 Å². The zero-order valence-electron chi connectivity index (χ0n) is 9.82. The van der Waals surface area contributed by atoms with E-state index >= 15 is 0 Å². The fourth-order valence-electron chi connectivity index (χ4n) is 2.36. The second-order valence-electron chi connectivity index (χ2n) is 4.44. The maximum absolute atomic E-state index is 14.1. The lowest BCUT2D eigenvalue weighted by atomic mass is 9.91. The highest BCUT2D eigenvalue weighted by Gasteiger charge is 2.24. The first kappa shape index (κ1) is 11.6. The van der Waals surface area contributed by atoms with Crippen LogP contribution in [0.1, 0.15) is 25.6 Å². The van der Waals surface area contributed by atoms with Crippen LogP contribution >= 0.6 is 0 Å². The Morgan fingerprint density at radius 2 is 2.31 bits per heavy atom. The summed E-state index contributed by atoms with van der Waals surface area (Å²) in [5.41, 5.74) is 0. The molecule has 4 heteroatoms. The molecule has 0 aromatic carbocycles. The number of hydrogen-bond acceptors (Lipinski definition) is 2. The molecule has 2 rings (SSSR count). The lowest BCUT2D eigenvalue weighted by molar-refractivity contribution is 0.183. The zero-order valence-corrected chi connectivity index (χ0v) is 9.82. The number of nitrogens with one attached hydrogen (secondary N) is 1. The van der Waals surface area contributed by atoms with Crippen LogP contribution in [0.4, 0.5) is 4.39 Å². The van der Waals surface area contributed by atoms with E-state index in [-0.39, 0.29) is 5.92 Å². The Hall–Kier alpha value is -0.900. The molecule has 1 aliphatic rings.